The zero-order valence-electron chi connectivity index (χ0n) is 58.6. The van der Waals surface area contributed by atoms with Gasteiger partial charge in [0.2, 0.25) is 0 Å². The lowest BCUT2D eigenvalue weighted by atomic mass is 10.4. The summed E-state index contributed by atoms with van der Waals surface area (Å²) in [6.45, 7) is 14.8. The molecule has 0 aliphatic rings. The third-order valence-electron chi connectivity index (χ3n) is 11.9. The normalized spacial score (nSPS) is 14.5. The van der Waals surface area contributed by atoms with Crippen molar-refractivity contribution in [3.63, 3.8) is 0 Å². The van der Waals surface area contributed by atoms with Gasteiger partial charge in [0.05, 0.1) is 0 Å². The van der Waals surface area contributed by atoms with E-state index in [2.05, 4.69) is 0 Å². The Labute approximate surface area is 536 Å². The molecule has 0 aliphatic heterocycles. The molecule has 0 aliphatic carbocycles. The maximum absolute atomic E-state index is 6.40. The number of hydrogen-bond acceptors (Lipinski definition) is 37. The largest absolute Gasteiger partial charge is 0.679 e. The molecule has 0 saturated heterocycles. The van der Waals surface area contributed by atoms with Gasteiger partial charge < -0.3 is 162 Å². The van der Waals surface area contributed by atoms with Crippen LogP contribution < -0.4 is 0 Å². The predicted octanol–water partition coefficient (Wildman–Crippen LogP) is 1.58. The highest BCUT2D eigenvalue weighted by Gasteiger charge is 2.68. The van der Waals surface area contributed by atoms with Gasteiger partial charge in [-0.1, -0.05) is 0 Å². The van der Waals surface area contributed by atoms with Crippen LogP contribution >= 0.6 is 0 Å². The van der Waals surface area contributed by atoms with E-state index >= 15 is 0 Å². The molecule has 49 heteroatoms. The monoisotopic (exact) mass is 1500 g/mol. The van der Waals surface area contributed by atoms with Crippen LogP contribution in [0.25, 0.3) is 0 Å². The molecule has 0 fully saturated rings. The first-order valence-electron chi connectivity index (χ1n) is 25.6. The first-order valence-corrected chi connectivity index (χ1v) is 47.2. The van der Waals surface area contributed by atoms with Gasteiger partial charge in [-0.05, 0) is 41.5 Å². The molecule has 0 saturated carbocycles. The van der Waals surface area contributed by atoms with Crippen LogP contribution in [0.1, 0.15) is 41.5 Å². The van der Waals surface area contributed by atoms with Crippen molar-refractivity contribution in [1.82, 2.24) is 0 Å². The van der Waals surface area contributed by atoms with Crippen LogP contribution in [0, 0.1) is 0 Å². The molecule has 534 valence electrons. The van der Waals surface area contributed by atoms with E-state index in [9.17, 15) is 0 Å². The summed E-state index contributed by atoms with van der Waals surface area (Å²) in [6, 6.07) is 0. The average molecular weight is 1510 g/mol. The van der Waals surface area contributed by atoms with Crippen LogP contribution in [0.3, 0.4) is 0 Å². The molecule has 37 nitrogen and oxygen atoms in total. The summed E-state index contributed by atoms with van der Waals surface area (Å²) in [5.41, 5.74) is 0. The van der Waals surface area contributed by atoms with Gasteiger partial charge in [-0.15, -0.1) is 0 Å². The highest BCUT2D eigenvalue weighted by molar-refractivity contribution is 6.79. The highest BCUT2D eigenvalue weighted by atomic mass is 28.5. The van der Waals surface area contributed by atoms with E-state index in [-0.39, 0.29) is 0 Å². The van der Waals surface area contributed by atoms with Gasteiger partial charge in [0.25, 0.3) is 0 Å². The summed E-state index contributed by atoms with van der Waals surface area (Å²) in [5, 5.41) is -2.02. The summed E-state index contributed by atoms with van der Waals surface area (Å²) < 4.78 is 208. The fraction of sp³-hybridized carbons (Fsp3) is 1.00. The van der Waals surface area contributed by atoms with Crippen molar-refractivity contribution in [1.29, 1.82) is 0 Å². The minimum atomic E-state index is -4.05. The Hall–Kier alpha value is 1.12. The molecule has 0 rings (SSSR count). The van der Waals surface area contributed by atoms with Crippen molar-refractivity contribution in [2.24, 2.45) is 0 Å². The summed E-state index contributed by atoms with van der Waals surface area (Å²) in [4.78, 5) is 0. The van der Waals surface area contributed by atoms with E-state index in [0.717, 1.165) is 0 Å². The Morgan fingerprint density at radius 2 is 0.307 bits per heavy atom. The van der Waals surface area contributed by atoms with Crippen molar-refractivity contribution in [2.45, 2.75) is 77.4 Å². The van der Waals surface area contributed by atoms with Gasteiger partial charge >= 0.3 is 107 Å². The van der Waals surface area contributed by atoms with Crippen LogP contribution in [0.15, 0.2) is 0 Å². The zero-order valence-corrected chi connectivity index (χ0v) is 70.6. The molecule has 88 heavy (non-hydrogen) atoms. The maximum atomic E-state index is 6.40. The summed E-state index contributed by atoms with van der Waals surface area (Å²) >= 11 is 0. The predicted molar refractivity (Wildman–Crippen MR) is 329 cm³/mol. The standard InChI is InChI=1S/C17H48O18Si6.C13H36O12Si4.C9H24O7Si2/c1-17(2,30-36(15,32-38(18-3,19-4)20-5)33-39(21-6,22-7)23-8)31-37(16,34-40(24-9,25-10)26-11)35-41(27-12,28-13)29-14;1-13(2,27(14-3,15-4)16-5)23-26(12,24-28(17-6,18-7)19-8)25-29(20-9,21-10)22-11;1-9(2,17(10-3,11-4)12-5)16-18(13-6,14-7)15-8/h1-16H3;1-12H3;1-8H3. The quantitative estimate of drug-likeness (QED) is 0.0616. The van der Waals surface area contributed by atoms with Crippen molar-refractivity contribution in [2.75, 3.05) is 192 Å². The van der Waals surface area contributed by atoms with E-state index in [1.807, 2.05) is 0 Å². The van der Waals surface area contributed by atoms with E-state index in [1.54, 1.807) is 48.1 Å². The van der Waals surface area contributed by atoms with Gasteiger partial charge in [0.15, 0.2) is 5.79 Å². The van der Waals surface area contributed by atoms with Gasteiger partial charge in [-0.25, -0.2) is 0 Å². The lowest BCUT2D eigenvalue weighted by molar-refractivity contribution is -0.156. The van der Waals surface area contributed by atoms with Crippen LogP contribution in [-0.4, -0.2) is 316 Å². The number of hydrogen-bond donors (Lipinski definition) is 0. The van der Waals surface area contributed by atoms with Crippen LogP contribution in [0.2, 0.25) is 19.6 Å². The lowest BCUT2D eigenvalue weighted by Gasteiger charge is -2.44. The second-order valence-electron chi connectivity index (χ2n) is 18.2. The SMILES string of the molecule is CO[Si](OC)(OC)OC(C)(C)[Si](OC)(OC)OC.CO[Si](OC)(OC)O[Si](C)(OC(C)(C)O[Si](C)(O[Si](OC)(OC)OC)O[Si](OC)(OC)OC)O[Si](OC)(OC)OC.CO[Si](OC)(OC)O[Si](C)(OC(C)(C)[Si](OC)(OC)OC)O[Si](OC)(OC)OC. The molecule has 0 aromatic carbocycles. The fourth-order valence-electron chi connectivity index (χ4n) is 7.96. The molecule has 0 amide bonds. The molecule has 0 aromatic heterocycles. The van der Waals surface area contributed by atoms with Crippen molar-refractivity contribution in [3.05, 3.63) is 0 Å². The van der Waals surface area contributed by atoms with Gasteiger partial charge in [0.1, 0.15) is 10.4 Å². The molecule has 0 N–H and O–H groups in total. The second-order valence-corrected chi connectivity index (χ2v) is 51.7. The second kappa shape index (κ2) is 40.7. The minimum absolute atomic E-state index is 0.889. The smallest absolute Gasteiger partial charge is 0.375 e. The Bertz CT molecular complexity index is 1630. The minimum Gasteiger partial charge on any atom is -0.375 e. The van der Waals surface area contributed by atoms with Crippen LogP contribution in [-0.2, 0) is 162 Å². The van der Waals surface area contributed by atoms with Gasteiger partial charge in [-0.3, -0.25) is 0 Å². The molecular weight excluding hydrogens is 1400 g/mol. The Morgan fingerprint density at radius 1 is 0.170 bits per heavy atom. The van der Waals surface area contributed by atoms with E-state index in [4.69, 9.17) is 162 Å². The molecule has 0 aromatic rings. The van der Waals surface area contributed by atoms with Crippen molar-refractivity contribution >= 4 is 107 Å². The molecule has 0 spiro atoms. The van der Waals surface area contributed by atoms with Crippen LogP contribution in [0.5, 0.6) is 0 Å². The van der Waals surface area contributed by atoms with Crippen molar-refractivity contribution < 1.29 is 162 Å². The van der Waals surface area contributed by atoms with Gasteiger partial charge in [-0.2, -0.15) is 0 Å². The Balaban J connectivity index is -0.00000133. The Morgan fingerprint density at radius 3 is 0.443 bits per heavy atom. The topological polar surface area (TPSA) is 342 Å². The summed E-state index contributed by atoms with van der Waals surface area (Å²) in [7, 11) is -5.99. The average Bonchev–Trinajstić information content (AvgIpc) is 0.963. The molecular formula is C39H108O37Si12. The third-order valence-corrected chi connectivity index (χ3v) is 47.4. The molecule has 0 radical (unpaired) electrons. The van der Waals surface area contributed by atoms with E-state index in [0.29, 0.717) is 0 Å². The first-order chi connectivity index (χ1) is 40.7. The Kier molecular flexibility index (Phi) is 43.2. The summed E-state index contributed by atoms with van der Waals surface area (Å²) in [5.74, 6) is -1.63. The number of rotatable bonds is 49. The highest BCUT2D eigenvalue weighted by Crippen LogP contribution is 2.37. The van der Waals surface area contributed by atoms with E-state index < -0.39 is 124 Å². The molecule has 0 heterocycles. The lowest BCUT2D eigenvalue weighted by Crippen LogP contribution is -2.70. The molecule has 0 atom stereocenters. The molecule has 0 unspecified atom stereocenters. The van der Waals surface area contributed by atoms with Crippen molar-refractivity contribution in [3.8, 4) is 0 Å². The molecule has 0 bridgehead atoms. The fourth-order valence-corrected chi connectivity index (χ4v) is 40.6. The third kappa shape index (κ3) is 25.2. The zero-order chi connectivity index (χ0) is 69.7. The van der Waals surface area contributed by atoms with E-state index in [1.165, 1.54) is 205 Å². The maximum Gasteiger partial charge on any atom is 0.679 e. The summed E-state index contributed by atoms with van der Waals surface area (Å²) in [6.07, 6.45) is 0. The van der Waals surface area contributed by atoms with Crippen LogP contribution in [0.4, 0.5) is 0 Å². The van der Waals surface area contributed by atoms with Gasteiger partial charge in [0, 0.05) is 212 Å². The first kappa shape index (κ1) is 93.3.